The molecular weight excluding hydrogens is 224 g/mol. The van der Waals surface area contributed by atoms with E-state index in [0.29, 0.717) is 22.7 Å². The average Bonchev–Trinajstić information content (AvgIpc) is 2.25. The molecule has 0 aromatic carbocycles. The molecule has 88 valence electrons. The number of rotatable bonds is 2. The standard InChI is InChI=1S/C11H17ClN4/c1-7-3-2-4-8(5-7)16-11-9(12)10(13)14-6-15-11/h6-8H,2-5H2,1H3,(H3,13,14,15,16)/t7-,8-/m1/s1. The van der Waals surface area contributed by atoms with Crippen LogP contribution in [0.5, 0.6) is 0 Å². The van der Waals surface area contributed by atoms with Gasteiger partial charge in [-0.1, -0.05) is 31.4 Å². The maximum absolute atomic E-state index is 6.04. The van der Waals surface area contributed by atoms with Crippen molar-refractivity contribution in [1.82, 2.24) is 9.97 Å². The van der Waals surface area contributed by atoms with Gasteiger partial charge in [-0.25, -0.2) is 9.97 Å². The van der Waals surface area contributed by atoms with Crippen LogP contribution in [0.3, 0.4) is 0 Å². The second-order valence-corrected chi connectivity index (χ2v) is 4.91. The van der Waals surface area contributed by atoms with Gasteiger partial charge in [0.05, 0.1) is 0 Å². The molecule has 0 saturated heterocycles. The fourth-order valence-electron chi connectivity index (χ4n) is 2.24. The Kier molecular flexibility index (Phi) is 3.49. The molecule has 0 radical (unpaired) electrons. The molecule has 1 aromatic rings. The Morgan fingerprint density at radius 1 is 1.44 bits per heavy atom. The van der Waals surface area contributed by atoms with E-state index in [1.54, 1.807) is 0 Å². The molecule has 1 aliphatic carbocycles. The Hall–Kier alpha value is -1.03. The molecule has 0 spiro atoms. The van der Waals surface area contributed by atoms with Crippen molar-refractivity contribution in [2.24, 2.45) is 5.92 Å². The maximum Gasteiger partial charge on any atom is 0.150 e. The number of nitrogens with two attached hydrogens (primary N) is 1. The van der Waals surface area contributed by atoms with Gasteiger partial charge in [0.2, 0.25) is 0 Å². The zero-order valence-electron chi connectivity index (χ0n) is 9.41. The van der Waals surface area contributed by atoms with Crippen LogP contribution in [0, 0.1) is 5.92 Å². The summed E-state index contributed by atoms with van der Waals surface area (Å²) in [5.74, 6) is 1.76. The van der Waals surface area contributed by atoms with Crippen molar-refractivity contribution in [3.8, 4) is 0 Å². The van der Waals surface area contributed by atoms with Crippen molar-refractivity contribution in [1.29, 1.82) is 0 Å². The monoisotopic (exact) mass is 240 g/mol. The Labute approximate surface area is 101 Å². The smallest absolute Gasteiger partial charge is 0.150 e. The van der Waals surface area contributed by atoms with Gasteiger partial charge in [-0.2, -0.15) is 0 Å². The highest BCUT2D eigenvalue weighted by atomic mass is 35.5. The van der Waals surface area contributed by atoms with Gasteiger partial charge in [0.25, 0.3) is 0 Å². The van der Waals surface area contributed by atoms with Crippen LogP contribution < -0.4 is 11.1 Å². The Morgan fingerprint density at radius 3 is 3.00 bits per heavy atom. The number of hydrogen-bond donors (Lipinski definition) is 2. The minimum absolute atomic E-state index is 0.336. The van der Waals surface area contributed by atoms with Crippen molar-refractivity contribution < 1.29 is 0 Å². The van der Waals surface area contributed by atoms with E-state index >= 15 is 0 Å². The van der Waals surface area contributed by atoms with Gasteiger partial charge in [0, 0.05) is 6.04 Å². The lowest BCUT2D eigenvalue weighted by Crippen LogP contribution is -2.26. The van der Waals surface area contributed by atoms with Gasteiger partial charge in [-0.3, -0.25) is 0 Å². The summed E-state index contributed by atoms with van der Waals surface area (Å²) < 4.78 is 0. The van der Waals surface area contributed by atoms with Crippen LogP contribution in [0.2, 0.25) is 5.02 Å². The van der Waals surface area contributed by atoms with Crippen molar-refractivity contribution in [2.75, 3.05) is 11.1 Å². The zero-order valence-corrected chi connectivity index (χ0v) is 10.2. The number of halogens is 1. The molecule has 1 fully saturated rings. The molecule has 1 aliphatic rings. The van der Waals surface area contributed by atoms with Crippen molar-refractivity contribution in [3.63, 3.8) is 0 Å². The predicted octanol–water partition coefficient (Wildman–Crippen LogP) is 2.70. The lowest BCUT2D eigenvalue weighted by molar-refractivity contribution is 0.358. The molecule has 5 heteroatoms. The van der Waals surface area contributed by atoms with E-state index in [4.69, 9.17) is 17.3 Å². The molecular formula is C11H17ClN4. The number of nitrogens with one attached hydrogen (secondary N) is 1. The van der Waals surface area contributed by atoms with Gasteiger partial charge in [0.15, 0.2) is 5.82 Å². The molecule has 0 unspecified atom stereocenters. The average molecular weight is 241 g/mol. The van der Waals surface area contributed by atoms with Gasteiger partial charge in [0.1, 0.15) is 17.2 Å². The largest absolute Gasteiger partial charge is 0.382 e. The molecule has 2 rings (SSSR count). The van der Waals surface area contributed by atoms with Gasteiger partial charge >= 0.3 is 0 Å². The first-order valence-corrected chi connectivity index (χ1v) is 6.07. The summed E-state index contributed by atoms with van der Waals surface area (Å²) in [6, 6.07) is 0.454. The zero-order chi connectivity index (χ0) is 11.5. The number of nitrogens with zero attached hydrogens (tertiary/aromatic N) is 2. The van der Waals surface area contributed by atoms with Gasteiger partial charge in [-0.05, 0) is 18.8 Å². The Balaban J connectivity index is 2.05. The van der Waals surface area contributed by atoms with Crippen LogP contribution in [0.4, 0.5) is 11.6 Å². The molecule has 1 heterocycles. The Bertz CT molecular complexity index is 369. The van der Waals surface area contributed by atoms with Crippen LogP contribution in [0.1, 0.15) is 32.6 Å². The highest BCUT2D eigenvalue weighted by molar-refractivity contribution is 6.35. The van der Waals surface area contributed by atoms with Crippen LogP contribution in [0.25, 0.3) is 0 Å². The van der Waals surface area contributed by atoms with Crippen LogP contribution in [0.15, 0.2) is 6.33 Å². The number of anilines is 2. The van der Waals surface area contributed by atoms with Crippen molar-refractivity contribution in [3.05, 3.63) is 11.3 Å². The van der Waals surface area contributed by atoms with E-state index in [0.717, 1.165) is 5.92 Å². The van der Waals surface area contributed by atoms with E-state index in [2.05, 4.69) is 22.2 Å². The summed E-state index contributed by atoms with van der Waals surface area (Å²) in [4.78, 5) is 7.97. The van der Waals surface area contributed by atoms with E-state index in [1.165, 1.54) is 32.0 Å². The fourth-order valence-corrected chi connectivity index (χ4v) is 2.39. The molecule has 16 heavy (non-hydrogen) atoms. The summed E-state index contributed by atoms with van der Waals surface area (Å²) in [7, 11) is 0. The van der Waals surface area contributed by atoms with Crippen LogP contribution in [-0.4, -0.2) is 16.0 Å². The maximum atomic E-state index is 6.04. The molecule has 1 aromatic heterocycles. The second-order valence-electron chi connectivity index (χ2n) is 4.53. The lowest BCUT2D eigenvalue weighted by Gasteiger charge is -2.28. The van der Waals surface area contributed by atoms with Crippen LogP contribution in [-0.2, 0) is 0 Å². The molecule has 3 N–H and O–H groups in total. The highest BCUT2D eigenvalue weighted by Crippen LogP contribution is 2.29. The number of aromatic nitrogens is 2. The first kappa shape index (κ1) is 11.5. The third-order valence-corrected chi connectivity index (χ3v) is 3.47. The summed E-state index contributed by atoms with van der Waals surface area (Å²) in [5, 5.41) is 3.79. The van der Waals surface area contributed by atoms with E-state index in [1.807, 2.05) is 0 Å². The predicted molar refractivity (Wildman–Crippen MR) is 66.5 cm³/mol. The third kappa shape index (κ3) is 2.55. The first-order valence-electron chi connectivity index (χ1n) is 5.69. The van der Waals surface area contributed by atoms with E-state index in [9.17, 15) is 0 Å². The van der Waals surface area contributed by atoms with E-state index in [-0.39, 0.29) is 0 Å². The first-order chi connectivity index (χ1) is 7.66. The summed E-state index contributed by atoms with van der Waals surface area (Å²) in [6.45, 7) is 2.28. The third-order valence-electron chi connectivity index (χ3n) is 3.09. The van der Waals surface area contributed by atoms with Gasteiger partial charge in [-0.15, -0.1) is 0 Å². The van der Waals surface area contributed by atoms with E-state index < -0.39 is 0 Å². The molecule has 4 nitrogen and oxygen atoms in total. The lowest BCUT2D eigenvalue weighted by atomic mass is 9.87. The molecule has 1 saturated carbocycles. The normalized spacial score (nSPS) is 25.4. The van der Waals surface area contributed by atoms with Crippen molar-refractivity contribution >= 4 is 23.2 Å². The number of hydrogen-bond acceptors (Lipinski definition) is 4. The highest BCUT2D eigenvalue weighted by Gasteiger charge is 2.20. The minimum Gasteiger partial charge on any atom is -0.382 e. The molecule has 0 amide bonds. The van der Waals surface area contributed by atoms with Crippen molar-refractivity contribution in [2.45, 2.75) is 38.6 Å². The fraction of sp³-hybridized carbons (Fsp3) is 0.636. The van der Waals surface area contributed by atoms with Crippen LogP contribution >= 0.6 is 11.6 Å². The topological polar surface area (TPSA) is 63.8 Å². The second kappa shape index (κ2) is 4.87. The summed E-state index contributed by atoms with van der Waals surface area (Å²) >= 11 is 6.04. The number of nitrogen functional groups attached to an aromatic ring is 1. The van der Waals surface area contributed by atoms with Gasteiger partial charge < -0.3 is 11.1 Å². The molecule has 0 bridgehead atoms. The quantitative estimate of drug-likeness (QED) is 0.834. The molecule has 2 atom stereocenters. The minimum atomic E-state index is 0.336. The SMILES string of the molecule is C[C@@H]1CCC[C@@H](Nc2ncnc(N)c2Cl)C1. The summed E-state index contributed by atoms with van der Waals surface area (Å²) in [5.41, 5.74) is 5.63. The Morgan fingerprint density at radius 2 is 2.25 bits per heavy atom. The molecule has 0 aliphatic heterocycles. The summed E-state index contributed by atoms with van der Waals surface area (Å²) in [6.07, 6.45) is 6.36.